The lowest BCUT2D eigenvalue weighted by Crippen LogP contribution is -2.61. The van der Waals surface area contributed by atoms with E-state index in [1.807, 2.05) is 97.9 Å². The summed E-state index contributed by atoms with van der Waals surface area (Å²) in [6.45, 7) is 28.6. The molecule has 15 rings (SSSR count). The molecule has 654 valence electrons. The van der Waals surface area contributed by atoms with E-state index in [2.05, 4.69) is 148 Å². The van der Waals surface area contributed by atoms with Gasteiger partial charge in [0, 0.05) is 212 Å². The van der Waals surface area contributed by atoms with Gasteiger partial charge in [-0.05, 0) is 164 Å². The number of nitrogens with zero attached hydrogens (tertiary/aromatic N) is 11. The fourth-order valence-electron chi connectivity index (χ4n) is 15.9. The highest BCUT2D eigenvalue weighted by Crippen LogP contribution is 2.39. The highest BCUT2D eigenvalue weighted by Gasteiger charge is 2.38. The van der Waals surface area contributed by atoms with Crippen LogP contribution in [0.5, 0.6) is 5.75 Å². The number of nitrogens with one attached hydrogen (secondary N) is 2. The minimum Gasteiger partial charge on any atom is -0.496 e. The molecule has 125 heavy (non-hydrogen) atoms. The summed E-state index contributed by atoms with van der Waals surface area (Å²) in [4.78, 5) is 137. The maximum absolute atomic E-state index is 13.8. The summed E-state index contributed by atoms with van der Waals surface area (Å²) < 4.78 is 57.2. The van der Waals surface area contributed by atoms with Crippen LogP contribution in [0.15, 0.2) is 213 Å². The molecule has 5 aliphatic rings. The lowest BCUT2D eigenvalue weighted by molar-refractivity contribution is -0.142. The van der Waals surface area contributed by atoms with Crippen LogP contribution in [0.1, 0.15) is 61.4 Å². The second kappa shape index (κ2) is 40.3. The number of hydrogen-bond acceptors (Lipinski definition) is 12. The van der Waals surface area contributed by atoms with Crippen molar-refractivity contribution in [2.45, 2.75) is 84.1 Å². The minimum absolute atomic E-state index is 0.0135. The monoisotopic (exact) mass is 2040 g/mol. The van der Waals surface area contributed by atoms with Crippen LogP contribution in [-0.2, 0) is 83.7 Å². The number of amides is 8. The Labute approximate surface area is 767 Å². The summed E-state index contributed by atoms with van der Waals surface area (Å²) in [5.41, 5.74) is 8.67. The number of aryl methyl sites for hydroxylation is 2. The van der Waals surface area contributed by atoms with Gasteiger partial charge in [0.15, 0.2) is 11.6 Å². The van der Waals surface area contributed by atoms with Crippen LogP contribution < -0.4 is 15.4 Å². The van der Waals surface area contributed by atoms with Crippen molar-refractivity contribution in [3.8, 4) is 5.75 Å². The second-order valence-electron chi connectivity index (χ2n) is 31.4. The molecule has 0 saturated carbocycles. The number of Topliss-reactive ketones (excluding diaryl/α,β-unsaturated/α-hetero) is 2. The van der Waals surface area contributed by atoms with E-state index in [-0.39, 0.29) is 102 Å². The number of ether oxygens (including phenoxy) is 1. The SMILES string of the molecule is C=CC(=C)N1CC(NC(=O)Cn2cc(C(=O)N3CCc4c(OC)ccc(Br)c4C3)c3cc(Br)ccc32)C1.C=CC(=O)N1CC(CC(=O)Cn2cc(C(=O)N(C)CC(=O)Nc3ccc(Cl)c(C(F)(F)F)c3)c3cc(Br)ccc32)C1.C=CC(=O)N1CC(CC(=O)Cn2ccc3c(C)c(Br)ccc32)C1.C=CC(=O)N1CC(N(C)C(=O)Cn2ccc3c(C)c(Br)ccc32)C1. The highest BCUT2D eigenvalue weighted by molar-refractivity contribution is 9.11. The Bertz CT molecular complexity index is 5990. The van der Waals surface area contributed by atoms with E-state index in [0.29, 0.717) is 99.2 Å². The molecule has 9 heterocycles. The molecule has 4 saturated heterocycles. The molecule has 10 aromatic rings. The Balaban J connectivity index is 0.000000156. The van der Waals surface area contributed by atoms with Crippen LogP contribution in [0, 0.1) is 25.7 Å². The minimum atomic E-state index is -4.70. The van der Waals surface area contributed by atoms with Gasteiger partial charge >= 0.3 is 6.18 Å². The summed E-state index contributed by atoms with van der Waals surface area (Å²) in [7, 11) is 4.86. The number of likely N-dealkylation sites (N-methyl/N-ethyl adjacent to an activating group) is 2. The number of aromatic nitrogens is 4. The molecule has 0 bridgehead atoms. The van der Waals surface area contributed by atoms with Gasteiger partial charge in [0.1, 0.15) is 18.8 Å². The van der Waals surface area contributed by atoms with E-state index in [4.69, 9.17) is 16.3 Å². The number of allylic oxidation sites excluding steroid dienone is 1. The van der Waals surface area contributed by atoms with Crippen molar-refractivity contribution >= 4 is 199 Å². The average Bonchev–Trinajstić information content (AvgIpc) is 1.62. The van der Waals surface area contributed by atoms with Crippen molar-refractivity contribution in [3.05, 3.63) is 257 Å². The van der Waals surface area contributed by atoms with E-state index < -0.39 is 35.1 Å². The number of rotatable bonds is 25. The molecule has 6 aromatic carbocycles. The van der Waals surface area contributed by atoms with Gasteiger partial charge in [0.05, 0.1) is 60.5 Å². The molecular weight excluding hydrogens is 1960 g/mol. The van der Waals surface area contributed by atoms with Gasteiger partial charge in [0.2, 0.25) is 35.4 Å². The predicted molar refractivity (Wildman–Crippen MR) is 495 cm³/mol. The highest BCUT2D eigenvalue weighted by atomic mass is 79.9. The third-order valence-electron chi connectivity index (χ3n) is 23.0. The summed E-state index contributed by atoms with van der Waals surface area (Å²) in [6.07, 6.45) is 9.69. The van der Waals surface area contributed by atoms with Gasteiger partial charge in [-0.15, -0.1) is 0 Å². The fourth-order valence-corrected chi connectivity index (χ4v) is 18.0. The molecule has 0 unspecified atom stereocenters. The topological polar surface area (TPSA) is 246 Å². The van der Waals surface area contributed by atoms with Gasteiger partial charge < -0.3 is 67.9 Å². The maximum Gasteiger partial charge on any atom is 0.417 e. The van der Waals surface area contributed by atoms with Crippen LogP contribution >= 0.6 is 91.3 Å². The average molecular weight is 2050 g/mol. The number of fused-ring (bicyclic) bond motifs is 5. The molecule has 5 aliphatic heterocycles. The first-order valence-corrected chi connectivity index (χ1v) is 44.3. The molecule has 0 radical (unpaired) electrons. The van der Waals surface area contributed by atoms with Crippen molar-refractivity contribution in [2.24, 2.45) is 11.8 Å². The number of methoxy groups -OCH3 is 1. The van der Waals surface area contributed by atoms with E-state index >= 15 is 0 Å². The van der Waals surface area contributed by atoms with Crippen LogP contribution in [0.25, 0.3) is 43.6 Å². The van der Waals surface area contributed by atoms with Gasteiger partial charge in [-0.25, -0.2) is 0 Å². The number of carbonyl (C=O) groups is 10. The zero-order valence-corrected chi connectivity index (χ0v) is 78.0. The van der Waals surface area contributed by atoms with Gasteiger partial charge in [0.25, 0.3) is 11.8 Å². The third-order valence-corrected chi connectivity index (χ3v) is 26.7. The Hall–Kier alpha value is -10.6. The Kier molecular flexibility index (Phi) is 30.2. The van der Waals surface area contributed by atoms with Crippen molar-refractivity contribution in [3.63, 3.8) is 0 Å². The largest absolute Gasteiger partial charge is 0.496 e. The summed E-state index contributed by atoms with van der Waals surface area (Å²) in [5, 5.41) is 8.63. The molecule has 0 spiro atoms. The van der Waals surface area contributed by atoms with E-state index in [1.54, 1.807) is 68.8 Å². The zero-order valence-electron chi connectivity index (χ0n) is 69.3. The molecule has 0 aliphatic carbocycles. The van der Waals surface area contributed by atoms with Crippen molar-refractivity contribution in [1.29, 1.82) is 0 Å². The first-order chi connectivity index (χ1) is 59.5. The molecular formula is C92H92Br5ClF3N13O11. The zero-order chi connectivity index (χ0) is 90.3. The number of ketones is 2. The van der Waals surface area contributed by atoms with Crippen molar-refractivity contribution in [2.75, 3.05) is 92.0 Å². The van der Waals surface area contributed by atoms with Crippen LogP contribution in [0.3, 0.4) is 0 Å². The number of likely N-dealkylation sites (tertiary alicyclic amines) is 4. The maximum atomic E-state index is 13.8. The first-order valence-electron chi connectivity index (χ1n) is 40.0. The molecule has 33 heteroatoms. The quantitative estimate of drug-likeness (QED) is 0.0401. The molecule has 24 nitrogen and oxygen atoms in total. The fraction of sp³-hybridized carbons (Fsp3) is 0.304. The third kappa shape index (κ3) is 21.7. The van der Waals surface area contributed by atoms with Crippen molar-refractivity contribution < 1.29 is 65.9 Å². The normalized spacial score (nSPS) is 14.5. The number of carbonyl (C=O) groups excluding carboxylic acids is 10. The molecule has 8 amide bonds. The van der Waals surface area contributed by atoms with E-state index in [1.165, 1.54) is 47.9 Å². The first kappa shape index (κ1) is 93.5. The van der Waals surface area contributed by atoms with E-state index in [9.17, 15) is 61.1 Å². The Morgan fingerprint density at radius 1 is 0.544 bits per heavy atom. The van der Waals surface area contributed by atoms with Gasteiger partial charge in [-0.2, -0.15) is 13.2 Å². The number of halogens is 9. The summed E-state index contributed by atoms with van der Waals surface area (Å²) in [6, 6.07) is 30.3. The smallest absolute Gasteiger partial charge is 0.417 e. The molecule has 2 N–H and O–H groups in total. The lowest BCUT2D eigenvalue weighted by Gasteiger charge is -2.43. The van der Waals surface area contributed by atoms with Crippen LogP contribution in [-0.4, -0.2) is 210 Å². The summed E-state index contributed by atoms with van der Waals surface area (Å²) >= 11 is 23.3. The molecule has 4 aromatic heterocycles. The predicted octanol–water partition coefficient (Wildman–Crippen LogP) is 16.1. The van der Waals surface area contributed by atoms with Gasteiger partial charge in [-0.1, -0.05) is 124 Å². The Morgan fingerprint density at radius 2 is 1.03 bits per heavy atom. The Morgan fingerprint density at radius 3 is 1.56 bits per heavy atom. The van der Waals surface area contributed by atoms with Crippen molar-refractivity contribution in [1.82, 2.24) is 57.9 Å². The summed E-state index contributed by atoms with van der Waals surface area (Å²) in [5.74, 6) is -0.288. The lowest BCUT2D eigenvalue weighted by atomic mass is 9.94. The van der Waals surface area contributed by atoms with Crippen LogP contribution in [0.2, 0.25) is 5.02 Å². The van der Waals surface area contributed by atoms with Crippen LogP contribution in [0.4, 0.5) is 18.9 Å². The second-order valence-corrected chi connectivity index (χ2v) is 36.2. The van der Waals surface area contributed by atoms with E-state index in [0.717, 1.165) is 97.9 Å². The molecule has 0 atom stereocenters. The number of anilines is 1. The number of alkyl halides is 3. The number of benzene rings is 6. The molecule has 4 fully saturated rings. The standard InChI is InChI=1S/C28H28Br2N4O3.C28H25BrClF3N4O4.C18H20BrN3O2.C18H19BrN2O2/c1-4-17(2)33-12-19(13-33)31-27(35)16-34-15-23(21-11-18(29)5-7-25(21)34)28(36)32-10-9-20-22(14-32)24(30)6-8-26(20)37-3;1-3-26(40)37-11-16(12-37)8-19(38)13-36-14-21(20-9-17(29)4-7-24(20)36)27(41)35(2)15-25(39)34-18-5-6-23(30)22(10-18)28(31,32)33;1-4-17(23)22-9-13(10-22)20(3)18(24)11-21-8-7-14-12(2)15(19)5-6-16(14)21;1-3-18(23)21-9-13(10-21)8-14(22)11-20-7-6-15-12(2)16(19)4-5-17(15)20/h4-8,11,15,19H,1-2,9-10,12-14,16H2,3H3,(H,31,35);3-7,9-10,14,16H,1,8,11-13,15H2,2H3,(H,34,39);4-8,13H,1,9-11H2,2-3H3;3-7,13H,1,8-11H2,2H3. The van der Waals surface area contributed by atoms with Gasteiger partial charge in [-0.3, -0.25) is 47.9 Å². The number of hydrogen-bond donors (Lipinski definition) is 2.